The van der Waals surface area contributed by atoms with Gasteiger partial charge in [0.1, 0.15) is 0 Å². The maximum absolute atomic E-state index is 12.5. The van der Waals surface area contributed by atoms with Gasteiger partial charge in [-0.25, -0.2) is 0 Å². The van der Waals surface area contributed by atoms with E-state index in [0.29, 0.717) is 6.54 Å². The molecule has 2 saturated carbocycles. The van der Waals surface area contributed by atoms with E-state index in [0.717, 1.165) is 19.3 Å². The number of hydrogen-bond donors (Lipinski definition) is 2. The van der Waals surface area contributed by atoms with Crippen molar-refractivity contribution in [2.45, 2.75) is 31.2 Å². The van der Waals surface area contributed by atoms with E-state index in [1.807, 2.05) is 26.2 Å². The molecule has 0 saturated heterocycles. The largest absolute Gasteiger partial charge is 0.481 e. The molecule has 0 radical (unpaired) electrons. The van der Waals surface area contributed by atoms with Gasteiger partial charge in [-0.1, -0.05) is 12.2 Å². The predicted molar refractivity (Wildman–Crippen MR) is 78.6 cm³/mol. The molecule has 2 fully saturated rings. The third-order valence-corrected chi connectivity index (χ3v) is 5.87. The molecule has 2 N–H and O–H groups in total. The summed E-state index contributed by atoms with van der Waals surface area (Å²) in [6.07, 6.45) is 8.20. The Morgan fingerprint density at radius 1 is 1.24 bits per heavy atom. The number of nitrogens with zero attached hydrogens (tertiary/aromatic N) is 1. The van der Waals surface area contributed by atoms with Gasteiger partial charge in [0.15, 0.2) is 0 Å². The molecule has 0 aromatic carbocycles. The first-order valence-electron chi connectivity index (χ1n) is 7.81. The minimum absolute atomic E-state index is 0.0368. The highest BCUT2D eigenvalue weighted by molar-refractivity contribution is 5.86. The summed E-state index contributed by atoms with van der Waals surface area (Å²) in [4.78, 5) is 26.2. The zero-order valence-electron chi connectivity index (χ0n) is 12.7. The maximum Gasteiger partial charge on any atom is 0.307 e. The van der Waals surface area contributed by atoms with Gasteiger partial charge in [-0.2, -0.15) is 0 Å². The van der Waals surface area contributed by atoms with Crippen molar-refractivity contribution in [3.63, 3.8) is 0 Å². The zero-order valence-corrected chi connectivity index (χ0v) is 12.7. The van der Waals surface area contributed by atoms with Gasteiger partial charge in [-0.3, -0.25) is 9.59 Å². The van der Waals surface area contributed by atoms with Crippen LogP contribution < -0.4 is 5.32 Å². The highest BCUT2D eigenvalue weighted by atomic mass is 16.4. The standard InChI is InChI=1S/C16H24N2O3/c1-18(2)16(6-3-7-16)9-17-14(19)12-10-4-5-11(8-10)13(12)15(20)21/h4-5,10-13H,3,6-9H2,1-2H3,(H,17,19)(H,20,21). The molecule has 116 valence electrons. The number of nitrogens with one attached hydrogen (secondary N) is 1. The van der Waals surface area contributed by atoms with Crippen molar-refractivity contribution in [1.29, 1.82) is 0 Å². The Balaban J connectivity index is 1.65. The summed E-state index contributed by atoms with van der Waals surface area (Å²) < 4.78 is 0. The summed E-state index contributed by atoms with van der Waals surface area (Å²) in [6.45, 7) is 0.628. The number of amides is 1. The summed E-state index contributed by atoms with van der Waals surface area (Å²) in [5.74, 6) is -1.71. The number of carboxylic acid groups (broad SMARTS) is 1. The molecule has 1 amide bonds. The zero-order chi connectivity index (χ0) is 15.2. The average Bonchev–Trinajstić information content (AvgIpc) is 2.96. The van der Waals surface area contributed by atoms with Crippen LogP contribution in [0.5, 0.6) is 0 Å². The van der Waals surface area contributed by atoms with E-state index in [2.05, 4.69) is 10.2 Å². The quantitative estimate of drug-likeness (QED) is 0.745. The second-order valence-electron chi connectivity index (χ2n) is 7.03. The summed E-state index contributed by atoms with van der Waals surface area (Å²) in [6, 6.07) is 0. The third-order valence-electron chi connectivity index (χ3n) is 5.87. The molecule has 5 nitrogen and oxygen atoms in total. The van der Waals surface area contributed by atoms with Gasteiger partial charge in [0.25, 0.3) is 0 Å². The highest BCUT2D eigenvalue weighted by Crippen LogP contribution is 2.48. The lowest BCUT2D eigenvalue weighted by Gasteiger charge is -2.47. The van der Waals surface area contributed by atoms with Gasteiger partial charge in [0, 0.05) is 12.1 Å². The molecule has 2 bridgehead atoms. The van der Waals surface area contributed by atoms with Crippen LogP contribution in [-0.2, 0) is 9.59 Å². The fourth-order valence-electron chi connectivity index (χ4n) is 4.25. The molecule has 5 heteroatoms. The van der Waals surface area contributed by atoms with Crippen molar-refractivity contribution in [1.82, 2.24) is 10.2 Å². The molecule has 0 aromatic heterocycles. The van der Waals surface area contributed by atoms with Gasteiger partial charge in [0.05, 0.1) is 11.8 Å². The molecule has 4 unspecified atom stereocenters. The fourth-order valence-corrected chi connectivity index (χ4v) is 4.25. The summed E-state index contributed by atoms with van der Waals surface area (Å²) in [5, 5.41) is 12.4. The maximum atomic E-state index is 12.5. The minimum atomic E-state index is -0.835. The Morgan fingerprint density at radius 2 is 1.86 bits per heavy atom. The molecule has 21 heavy (non-hydrogen) atoms. The highest BCUT2D eigenvalue weighted by Gasteiger charge is 2.52. The van der Waals surface area contributed by atoms with E-state index in [9.17, 15) is 14.7 Å². The Kier molecular flexibility index (Phi) is 3.56. The first-order chi connectivity index (χ1) is 9.94. The van der Waals surface area contributed by atoms with E-state index < -0.39 is 17.8 Å². The van der Waals surface area contributed by atoms with Crippen LogP contribution in [0.3, 0.4) is 0 Å². The van der Waals surface area contributed by atoms with Gasteiger partial charge < -0.3 is 15.3 Å². The lowest BCUT2D eigenvalue weighted by Crippen LogP contribution is -2.58. The number of carboxylic acids is 1. The van der Waals surface area contributed by atoms with Crippen molar-refractivity contribution in [3.8, 4) is 0 Å². The van der Waals surface area contributed by atoms with Crippen molar-refractivity contribution < 1.29 is 14.7 Å². The summed E-state index contributed by atoms with van der Waals surface area (Å²) >= 11 is 0. The average molecular weight is 292 g/mol. The minimum Gasteiger partial charge on any atom is -0.481 e. The normalized spacial score (nSPS) is 35.8. The van der Waals surface area contributed by atoms with Crippen molar-refractivity contribution in [2.75, 3.05) is 20.6 Å². The molecule has 3 aliphatic carbocycles. The smallest absolute Gasteiger partial charge is 0.307 e. The number of hydrogen-bond acceptors (Lipinski definition) is 3. The number of carbonyl (C=O) groups excluding carboxylic acids is 1. The first-order valence-corrected chi connectivity index (χ1v) is 7.81. The number of aliphatic carboxylic acids is 1. The monoisotopic (exact) mass is 292 g/mol. The molecule has 3 rings (SSSR count). The molecule has 0 spiro atoms. The molecule has 3 aliphatic rings. The van der Waals surface area contributed by atoms with Crippen LogP contribution in [0, 0.1) is 23.7 Å². The van der Waals surface area contributed by atoms with Crippen molar-refractivity contribution in [2.24, 2.45) is 23.7 Å². The van der Waals surface area contributed by atoms with E-state index in [1.54, 1.807) is 0 Å². The molecule has 0 aliphatic heterocycles. The van der Waals surface area contributed by atoms with Gasteiger partial charge >= 0.3 is 5.97 Å². The van der Waals surface area contributed by atoms with Crippen molar-refractivity contribution >= 4 is 11.9 Å². The Labute approximate surface area is 125 Å². The molecular weight excluding hydrogens is 268 g/mol. The van der Waals surface area contributed by atoms with E-state index in [1.165, 1.54) is 6.42 Å². The molecule has 0 heterocycles. The molecular formula is C16H24N2O3. The summed E-state index contributed by atoms with van der Waals surface area (Å²) in [7, 11) is 4.09. The van der Waals surface area contributed by atoms with Crippen LogP contribution in [0.25, 0.3) is 0 Å². The number of fused-ring (bicyclic) bond motifs is 2. The third kappa shape index (κ3) is 2.27. The van der Waals surface area contributed by atoms with Crippen LogP contribution >= 0.6 is 0 Å². The predicted octanol–water partition coefficient (Wildman–Crippen LogP) is 1.11. The number of allylic oxidation sites excluding steroid dienone is 2. The van der Waals surface area contributed by atoms with Crippen LogP contribution in [0.4, 0.5) is 0 Å². The van der Waals surface area contributed by atoms with Gasteiger partial charge in [-0.15, -0.1) is 0 Å². The summed E-state index contributed by atoms with van der Waals surface area (Å²) in [5.41, 5.74) is 0.0713. The van der Waals surface area contributed by atoms with Crippen LogP contribution in [0.15, 0.2) is 12.2 Å². The topological polar surface area (TPSA) is 69.6 Å². The Bertz CT molecular complexity index is 482. The SMILES string of the molecule is CN(C)C1(CNC(=O)C2C3C=CC(C3)C2C(=O)O)CCC1. The second kappa shape index (κ2) is 5.13. The number of likely N-dealkylation sites (N-methyl/N-ethyl adjacent to an activating group) is 1. The van der Waals surface area contributed by atoms with Crippen LogP contribution in [0.1, 0.15) is 25.7 Å². The Morgan fingerprint density at radius 3 is 2.33 bits per heavy atom. The molecule has 0 aromatic rings. The van der Waals surface area contributed by atoms with E-state index >= 15 is 0 Å². The van der Waals surface area contributed by atoms with Crippen LogP contribution in [0.2, 0.25) is 0 Å². The van der Waals surface area contributed by atoms with Gasteiger partial charge in [-0.05, 0) is 51.6 Å². The lowest BCUT2D eigenvalue weighted by atomic mass is 9.75. The van der Waals surface area contributed by atoms with Crippen molar-refractivity contribution in [3.05, 3.63) is 12.2 Å². The number of carbonyl (C=O) groups is 2. The first kappa shape index (κ1) is 14.6. The molecule has 4 atom stereocenters. The van der Waals surface area contributed by atoms with Crippen LogP contribution in [-0.4, -0.2) is 48.1 Å². The number of rotatable bonds is 5. The lowest BCUT2D eigenvalue weighted by molar-refractivity contribution is -0.148. The van der Waals surface area contributed by atoms with E-state index in [-0.39, 0.29) is 23.3 Å². The fraction of sp³-hybridized carbons (Fsp3) is 0.750. The Hall–Kier alpha value is -1.36. The van der Waals surface area contributed by atoms with E-state index in [4.69, 9.17) is 0 Å². The second-order valence-corrected chi connectivity index (χ2v) is 7.03. The van der Waals surface area contributed by atoms with Gasteiger partial charge in [0.2, 0.25) is 5.91 Å².